The molecule has 1 amide bonds. The summed E-state index contributed by atoms with van der Waals surface area (Å²) in [6.45, 7) is 2.04. The minimum Gasteiger partial charge on any atom is -0.484 e. The molecule has 5 nitrogen and oxygen atoms in total. The lowest BCUT2D eigenvalue weighted by atomic mass is 10.2. The maximum atomic E-state index is 12.4. The number of rotatable bonds is 10. The summed E-state index contributed by atoms with van der Waals surface area (Å²) in [6.07, 6.45) is 2.46. The highest BCUT2D eigenvalue weighted by atomic mass is 32.2. The Hall–Kier alpha value is -2.47. The predicted molar refractivity (Wildman–Crippen MR) is 108 cm³/mol. The van der Waals surface area contributed by atoms with Crippen LogP contribution in [0.5, 0.6) is 5.75 Å². The standard InChI is InChI=1S/C21H25NO4S/c1-16-8-10-17(11-9-16)14-26-21(24)19(12-13-27-2)22-20(23)15-25-18-6-4-3-5-7-18/h3-11,19H,12-15H2,1-2H3,(H,22,23). The number of benzene rings is 2. The summed E-state index contributed by atoms with van der Waals surface area (Å²) in [5.74, 6) is 0.564. The van der Waals surface area contributed by atoms with Crippen molar-refractivity contribution in [2.45, 2.75) is 26.0 Å². The summed E-state index contributed by atoms with van der Waals surface area (Å²) in [4.78, 5) is 24.6. The van der Waals surface area contributed by atoms with Gasteiger partial charge >= 0.3 is 5.97 Å². The van der Waals surface area contributed by atoms with E-state index < -0.39 is 12.0 Å². The lowest BCUT2D eigenvalue weighted by Crippen LogP contribution is -2.44. The third kappa shape index (κ3) is 7.74. The summed E-state index contributed by atoms with van der Waals surface area (Å²) < 4.78 is 10.8. The van der Waals surface area contributed by atoms with Gasteiger partial charge in [-0.05, 0) is 43.0 Å². The second kappa shape index (κ2) is 11.3. The molecule has 2 aromatic carbocycles. The first-order valence-electron chi connectivity index (χ1n) is 8.77. The second-order valence-electron chi connectivity index (χ2n) is 6.10. The molecule has 1 unspecified atom stereocenters. The maximum Gasteiger partial charge on any atom is 0.329 e. The topological polar surface area (TPSA) is 64.6 Å². The number of aryl methyl sites for hydroxylation is 1. The first-order chi connectivity index (χ1) is 13.1. The van der Waals surface area contributed by atoms with E-state index in [-0.39, 0.29) is 19.1 Å². The maximum absolute atomic E-state index is 12.4. The number of hydrogen-bond acceptors (Lipinski definition) is 5. The van der Waals surface area contributed by atoms with E-state index in [1.807, 2.05) is 55.6 Å². The van der Waals surface area contributed by atoms with Crippen LogP contribution in [0.4, 0.5) is 0 Å². The van der Waals surface area contributed by atoms with Crippen LogP contribution in [0.25, 0.3) is 0 Å². The third-order valence-electron chi connectivity index (χ3n) is 3.85. The number of nitrogens with one attached hydrogen (secondary N) is 1. The number of hydrogen-bond donors (Lipinski definition) is 1. The molecule has 27 heavy (non-hydrogen) atoms. The molecular weight excluding hydrogens is 362 g/mol. The van der Waals surface area contributed by atoms with Crippen molar-refractivity contribution in [3.63, 3.8) is 0 Å². The van der Waals surface area contributed by atoms with Crippen LogP contribution in [0.2, 0.25) is 0 Å². The number of thioether (sulfide) groups is 1. The monoisotopic (exact) mass is 387 g/mol. The van der Waals surface area contributed by atoms with Gasteiger partial charge in [0.25, 0.3) is 5.91 Å². The molecule has 1 N–H and O–H groups in total. The molecule has 0 bridgehead atoms. The zero-order valence-corrected chi connectivity index (χ0v) is 16.5. The molecule has 0 aliphatic heterocycles. The summed E-state index contributed by atoms with van der Waals surface area (Å²) in [5, 5.41) is 2.72. The lowest BCUT2D eigenvalue weighted by Gasteiger charge is -2.17. The van der Waals surface area contributed by atoms with E-state index in [9.17, 15) is 9.59 Å². The summed E-state index contributed by atoms with van der Waals surface area (Å²) in [5.41, 5.74) is 2.06. The summed E-state index contributed by atoms with van der Waals surface area (Å²) in [6, 6.07) is 16.2. The van der Waals surface area contributed by atoms with Crippen molar-refractivity contribution < 1.29 is 19.1 Å². The van der Waals surface area contributed by atoms with Crippen molar-refractivity contribution >= 4 is 23.6 Å². The molecule has 0 aliphatic rings. The van der Waals surface area contributed by atoms with Crippen molar-refractivity contribution in [1.82, 2.24) is 5.32 Å². The number of amides is 1. The van der Waals surface area contributed by atoms with Crippen molar-refractivity contribution in [3.05, 3.63) is 65.7 Å². The van der Waals surface area contributed by atoms with Crippen LogP contribution in [0.3, 0.4) is 0 Å². The van der Waals surface area contributed by atoms with Crippen molar-refractivity contribution in [3.8, 4) is 5.75 Å². The van der Waals surface area contributed by atoms with E-state index in [4.69, 9.17) is 9.47 Å². The summed E-state index contributed by atoms with van der Waals surface area (Å²) in [7, 11) is 0. The number of para-hydroxylation sites is 1. The largest absolute Gasteiger partial charge is 0.484 e. The first-order valence-corrected chi connectivity index (χ1v) is 10.2. The minimum atomic E-state index is -0.685. The van der Waals surface area contributed by atoms with Gasteiger partial charge in [-0.25, -0.2) is 4.79 Å². The zero-order valence-electron chi connectivity index (χ0n) is 15.6. The Labute approximate surface area is 164 Å². The normalized spacial score (nSPS) is 11.5. The Balaban J connectivity index is 1.85. The Morgan fingerprint density at radius 1 is 1.07 bits per heavy atom. The van der Waals surface area contributed by atoms with Gasteiger partial charge in [0, 0.05) is 0 Å². The van der Waals surface area contributed by atoms with Gasteiger partial charge in [-0.1, -0.05) is 48.0 Å². The fraction of sp³-hybridized carbons (Fsp3) is 0.333. The second-order valence-corrected chi connectivity index (χ2v) is 7.08. The molecule has 0 spiro atoms. The van der Waals surface area contributed by atoms with Gasteiger partial charge in [0.05, 0.1) is 0 Å². The molecule has 0 saturated heterocycles. The summed E-state index contributed by atoms with van der Waals surface area (Å²) >= 11 is 1.61. The van der Waals surface area contributed by atoms with E-state index in [2.05, 4.69) is 5.32 Å². The minimum absolute atomic E-state index is 0.148. The molecule has 0 aliphatic carbocycles. The molecule has 0 aromatic heterocycles. The van der Waals surface area contributed by atoms with E-state index in [1.165, 1.54) is 0 Å². The Morgan fingerprint density at radius 3 is 2.44 bits per heavy atom. The Bertz CT molecular complexity index is 719. The van der Waals surface area contributed by atoms with Gasteiger partial charge in [-0.15, -0.1) is 0 Å². The van der Waals surface area contributed by atoms with Gasteiger partial charge in [-0.2, -0.15) is 11.8 Å². The molecule has 2 rings (SSSR count). The van der Waals surface area contributed by atoms with Crippen LogP contribution < -0.4 is 10.1 Å². The Morgan fingerprint density at radius 2 is 1.78 bits per heavy atom. The number of esters is 1. The van der Waals surface area contributed by atoms with E-state index in [1.54, 1.807) is 23.9 Å². The highest BCUT2D eigenvalue weighted by Gasteiger charge is 2.22. The zero-order chi connectivity index (χ0) is 19.5. The first kappa shape index (κ1) is 20.8. The highest BCUT2D eigenvalue weighted by molar-refractivity contribution is 7.98. The van der Waals surface area contributed by atoms with Gasteiger partial charge < -0.3 is 14.8 Å². The average molecular weight is 388 g/mol. The van der Waals surface area contributed by atoms with E-state index >= 15 is 0 Å². The van der Waals surface area contributed by atoms with Crippen LogP contribution in [-0.2, 0) is 20.9 Å². The molecule has 0 fully saturated rings. The van der Waals surface area contributed by atoms with E-state index in [0.29, 0.717) is 12.2 Å². The number of carbonyl (C=O) groups excluding carboxylic acids is 2. The molecule has 6 heteroatoms. The van der Waals surface area contributed by atoms with Gasteiger partial charge in [0.15, 0.2) is 6.61 Å². The average Bonchev–Trinajstić information content (AvgIpc) is 2.69. The smallest absolute Gasteiger partial charge is 0.329 e. The van der Waals surface area contributed by atoms with Crippen LogP contribution in [0.15, 0.2) is 54.6 Å². The predicted octanol–water partition coefficient (Wildman–Crippen LogP) is 3.36. The molecule has 0 heterocycles. The van der Waals surface area contributed by atoms with Crippen molar-refractivity contribution in [2.75, 3.05) is 18.6 Å². The number of carbonyl (C=O) groups is 2. The van der Waals surface area contributed by atoms with E-state index in [0.717, 1.165) is 16.9 Å². The van der Waals surface area contributed by atoms with Gasteiger partial charge in [-0.3, -0.25) is 4.79 Å². The molecule has 1 atom stereocenters. The fourth-order valence-electron chi connectivity index (χ4n) is 2.33. The lowest BCUT2D eigenvalue weighted by molar-refractivity contribution is -0.149. The van der Waals surface area contributed by atoms with Gasteiger partial charge in [0.1, 0.15) is 18.4 Å². The molecule has 0 saturated carbocycles. The van der Waals surface area contributed by atoms with Gasteiger partial charge in [0.2, 0.25) is 0 Å². The van der Waals surface area contributed by atoms with Crippen molar-refractivity contribution in [2.24, 2.45) is 0 Å². The van der Waals surface area contributed by atoms with Crippen LogP contribution >= 0.6 is 11.8 Å². The van der Waals surface area contributed by atoms with Crippen LogP contribution in [-0.4, -0.2) is 36.5 Å². The SMILES string of the molecule is CSCCC(NC(=O)COc1ccccc1)C(=O)OCc1ccc(C)cc1. The molecule has 2 aromatic rings. The molecule has 0 radical (unpaired) electrons. The quantitative estimate of drug-likeness (QED) is 0.634. The Kier molecular flexibility index (Phi) is 8.71. The molecular formula is C21H25NO4S. The van der Waals surface area contributed by atoms with Crippen LogP contribution in [0.1, 0.15) is 17.5 Å². The van der Waals surface area contributed by atoms with Crippen LogP contribution in [0, 0.1) is 6.92 Å². The molecule has 144 valence electrons. The fourth-order valence-corrected chi connectivity index (χ4v) is 2.80. The third-order valence-corrected chi connectivity index (χ3v) is 4.49. The van der Waals surface area contributed by atoms with Crippen molar-refractivity contribution in [1.29, 1.82) is 0 Å². The number of ether oxygens (including phenoxy) is 2. The highest BCUT2D eigenvalue weighted by Crippen LogP contribution is 2.09.